The fourth-order valence-corrected chi connectivity index (χ4v) is 4.71. The van der Waals surface area contributed by atoms with E-state index >= 15 is 0 Å². The minimum atomic E-state index is -2.19. The summed E-state index contributed by atoms with van der Waals surface area (Å²) in [4.78, 5) is 24.7. The molecule has 0 spiro atoms. The van der Waals surface area contributed by atoms with Crippen LogP contribution >= 0.6 is 11.6 Å². The summed E-state index contributed by atoms with van der Waals surface area (Å²) in [6.45, 7) is 0.0486. The molecule has 0 aliphatic carbocycles. The van der Waals surface area contributed by atoms with E-state index < -0.39 is 42.7 Å². The van der Waals surface area contributed by atoms with Crippen LogP contribution in [0.25, 0.3) is 11.2 Å². The molecule has 11 nitrogen and oxygen atoms in total. The highest BCUT2D eigenvalue weighted by Gasteiger charge is 2.56. The van der Waals surface area contributed by atoms with Crippen LogP contribution in [0.4, 0.5) is 5.82 Å². The van der Waals surface area contributed by atoms with Crippen molar-refractivity contribution in [1.29, 1.82) is 0 Å². The van der Waals surface area contributed by atoms with Gasteiger partial charge in [0.2, 0.25) is 5.28 Å². The molecule has 2 aromatic carbocycles. The van der Waals surface area contributed by atoms with Crippen LogP contribution in [0.2, 0.25) is 5.28 Å². The number of carbonyl (C=O) groups is 1. The lowest BCUT2D eigenvalue weighted by Crippen LogP contribution is -2.48. The first-order valence-corrected chi connectivity index (χ1v) is 12.8. The highest BCUT2D eigenvalue weighted by molar-refractivity contribution is 6.28. The van der Waals surface area contributed by atoms with E-state index in [4.69, 9.17) is 27.5 Å². The first kappa shape index (κ1) is 27.5. The van der Waals surface area contributed by atoms with Gasteiger partial charge in [-0.25, -0.2) is 9.78 Å². The van der Waals surface area contributed by atoms with Gasteiger partial charge in [-0.05, 0) is 22.7 Å². The number of benzene rings is 2. The smallest absolute Gasteiger partial charge is 0.333 e. The fourth-order valence-electron chi connectivity index (χ4n) is 4.55. The average molecular weight is 564 g/mol. The van der Waals surface area contributed by atoms with Gasteiger partial charge in [-0.2, -0.15) is 9.97 Å². The zero-order valence-electron chi connectivity index (χ0n) is 21.1. The van der Waals surface area contributed by atoms with E-state index in [2.05, 4.69) is 26.2 Å². The van der Waals surface area contributed by atoms with Crippen molar-refractivity contribution in [3.05, 3.63) is 83.4 Å². The van der Waals surface area contributed by atoms with E-state index in [0.29, 0.717) is 17.9 Å². The van der Waals surface area contributed by atoms with E-state index in [0.717, 1.165) is 11.1 Å². The molecule has 40 heavy (non-hydrogen) atoms. The van der Waals surface area contributed by atoms with Gasteiger partial charge in [0.1, 0.15) is 12.2 Å². The summed E-state index contributed by atoms with van der Waals surface area (Å²) >= 11 is 6.21. The van der Waals surface area contributed by atoms with Gasteiger partial charge in [0, 0.05) is 13.0 Å². The predicted molar refractivity (Wildman–Crippen MR) is 145 cm³/mol. The summed E-state index contributed by atoms with van der Waals surface area (Å²) in [7, 11) is 0. The number of terminal acetylenes is 1. The second kappa shape index (κ2) is 11.6. The van der Waals surface area contributed by atoms with Gasteiger partial charge in [0.15, 0.2) is 34.9 Å². The zero-order chi connectivity index (χ0) is 28.3. The molecule has 206 valence electrons. The van der Waals surface area contributed by atoms with Crippen molar-refractivity contribution in [2.75, 3.05) is 11.9 Å². The van der Waals surface area contributed by atoms with Crippen molar-refractivity contribution in [3.63, 3.8) is 0 Å². The first-order chi connectivity index (χ1) is 19.3. The lowest BCUT2D eigenvalue weighted by atomic mass is 9.93. The van der Waals surface area contributed by atoms with Crippen LogP contribution in [0.15, 0.2) is 67.0 Å². The summed E-state index contributed by atoms with van der Waals surface area (Å²) in [5.41, 5.74) is 0.156. The van der Waals surface area contributed by atoms with Crippen LogP contribution in [0.1, 0.15) is 17.4 Å². The molecule has 3 heterocycles. The Balaban J connectivity index is 1.37. The molecule has 12 heteroatoms. The van der Waals surface area contributed by atoms with Gasteiger partial charge in [0.05, 0.1) is 12.9 Å². The maximum absolute atomic E-state index is 11.8. The Kier molecular flexibility index (Phi) is 7.97. The molecule has 2 aromatic heterocycles. The first-order valence-electron chi connectivity index (χ1n) is 12.4. The number of hydrogen-bond donors (Lipinski definition) is 4. The van der Waals surface area contributed by atoms with Gasteiger partial charge in [-0.3, -0.25) is 4.57 Å². The van der Waals surface area contributed by atoms with Crippen LogP contribution in [0.3, 0.4) is 0 Å². The summed E-state index contributed by atoms with van der Waals surface area (Å²) in [6.07, 6.45) is 1.71. The second-order valence-corrected chi connectivity index (χ2v) is 9.62. The molecule has 5 atom stereocenters. The molecular formula is C28H26ClN5O6. The number of anilines is 1. The molecular weight excluding hydrogens is 538 g/mol. The second-order valence-electron chi connectivity index (χ2n) is 9.28. The van der Waals surface area contributed by atoms with Crippen molar-refractivity contribution >= 4 is 34.6 Å². The van der Waals surface area contributed by atoms with E-state index in [1.807, 2.05) is 36.4 Å². The normalized spacial score (nSPS) is 23.1. The van der Waals surface area contributed by atoms with Crippen LogP contribution in [-0.2, 0) is 27.2 Å². The maximum atomic E-state index is 11.8. The molecule has 4 aromatic rings. The molecule has 1 aliphatic rings. The van der Waals surface area contributed by atoms with Crippen LogP contribution < -0.4 is 5.32 Å². The number of aromatic nitrogens is 4. The third kappa shape index (κ3) is 5.49. The van der Waals surface area contributed by atoms with Gasteiger partial charge in [-0.15, -0.1) is 6.42 Å². The Labute approximate surface area is 234 Å². The monoisotopic (exact) mass is 563 g/mol. The number of nitrogens with one attached hydrogen (secondary N) is 1. The third-order valence-electron chi connectivity index (χ3n) is 6.71. The number of hydrogen-bond acceptors (Lipinski definition) is 9. The van der Waals surface area contributed by atoms with Gasteiger partial charge < -0.3 is 30.1 Å². The quantitative estimate of drug-likeness (QED) is 0.167. The number of ether oxygens (including phenoxy) is 2. The number of rotatable bonds is 10. The van der Waals surface area contributed by atoms with E-state index in [-0.39, 0.29) is 17.4 Å². The number of carboxylic acids is 1. The third-order valence-corrected chi connectivity index (χ3v) is 6.88. The van der Waals surface area contributed by atoms with Crippen LogP contribution in [-0.4, -0.2) is 71.3 Å². The van der Waals surface area contributed by atoms with Crippen molar-refractivity contribution in [1.82, 2.24) is 19.5 Å². The minimum absolute atomic E-state index is 0.0744. The number of fused-ring (bicyclic) bond motifs is 1. The Morgan fingerprint density at radius 3 is 2.50 bits per heavy atom. The highest BCUT2D eigenvalue weighted by Crippen LogP contribution is 2.39. The van der Waals surface area contributed by atoms with E-state index in [1.54, 1.807) is 24.3 Å². The number of aliphatic hydroxyl groups excluding tert-OH is 1. The van der Waals surface area contributed by atoms with Crippen molar-refractivity contribution in [2.24, 2.45) is 0 Å². The van der Waals surface area contributed by atoms with Crippen molar-refractivity contribution < 1.29 is 29.6 Å². The van der Waals surface area contributed by atoms with Crippen LogP contribution in [0, 0.1) is 12.3 Å². The zero-order valence-corrected chi connectivity index (χ0v) is 21.8. The maximum Gasteiger partial charge on any atom is 0.333 e. The Hall–Kier alpha value is -4.05. The SMILES string of the molecule is C#C[C@@]1(O)[C@@H](COC(Cc2ccccc2)C(=O)O)O[C@@H](n2cnc3c(NCc4ccccc4)nc(Cl)nc32)[C@@H]1O. The van der Waals surface area contributed by atoms with Gasteiger partial charge >= 0.3 is 5.97 Å². The summed E-state index contributed by atoms with van der Waals surface area (Å²) < 4.78 is 13.0. The molecule has 4 N–H and O–H groups in total. The Morgan fingerprint density at radius 1 is 1.18 bits per heavy atom. The largest absolute Gasteiger partial charge is 0.479 e. The summed E-state index contributed by atoms with van der Waals surface area (Å²) in [5.74, 6) is 1.37. The number of imidazole rings is 1. The molecule has 1 fully saturated rings. The number of aliphatic carboxylic acids is 1. The molecule has 0 radical (unpaired) electrons. The van der Waals surface area contributed by atoms with Crippen molar-refractivity contribution in [2.45, 2.75) is 43.1 Å². The molecule has 0 amide bonds. The van der Waals surface area contributed by atoms with Crippen LogP contribution in [0.5, 0.6) is 0 Å². The number of nitrogens with zero attached hydrogens (tertiary/aromatic N) is 4. The number of carboxylic acid groups (broad SMARTS) is 1. The number of aliphatic hydroxyl groups is 2. The van der Waals surface area contributed by atoms with Crippen molar-refractivity contribution in [3.8, 4) is 12.3 Å². The van der Waals surface area contributed by atoms with Gasteiger partial charge in [-0.1, -0.05) is 66.6 Å². The molecule has 1 saturated heterocycles. The molecule has 5 rings (SSSR count). The highest BCUT2D eigenvalue weighted by atomic mass is 35.5. The predicted octanol–water partition coefficient (Wildman–Crippen LogP) is 2.43. The fraction of sp³-hybridized carbons (Fsp3) is 0.286. The molecule has 0 saturated carbocycles. The minimum Gasteiger partial charge on any atom is -0.479 e. The lowest BCUT2D eigenvalue weighted by Gasteiger charge is -2.26. The average Bonchev–Trinajstić information content (AvgIpc) is 3.49. The van der Waals surface area contributed by atoms with E-state index in [1.165, 1.54) is 10.9 Å². The molecule has 1 aliphatic heterocycles. The summed E-state index contributed by atoms with van der Waals surface area (Å²) in [5, 5.41) is 35.1. The number of halogens is 1. The Bertz CT molecular complexity index is 1530. The standard InChI is InChI=1S/C28H26ClN5O6/c1-2-28(38)20(15-39-19(26(36)37)13-17-9-5-3-6-10-17)40-25(22(28)35)34-16-31-21-23(32-27(29)33-24(21)34)30-14-18-11-7-4-8-12-18/h1,3-12,16,19-20,22,25,35,38H,13-15H2,(H,36,37)(H,30,32,33)/t19?,20-,22+,25-,28-/m1/s1. The summed E-state index contributed by atoms with van der Waals surface area (Å²) in [6, 6.07) is 18.6. The Morgan fingerprint density at radius 2 is 1.85 bits per heavy atom. The lowest BCUT2D eigenvalue weighted by molar-refractivity contribution is -0.156. The topological polar surface area (TPSA) is 152 Å². The van der Waals surface area contributed by atoms with E-state index in [9.17, 15) is 20.1 Å². The van der Waals surface area contributed by atoms with Gasteiger partial charge in [0.25, 0.3) is 0 Å². The molecule has 0 bridgehead atoms. The molecule has 1 unspecified atom stereocenters.